The van der Waals surface area contributed by atoms with Gasteiger partial charge in [-0.25, -0.2) is 0 Å². The van der Waals surface area contributed by atoms with Crippen molar-refractivity contribution in [1.29, 1.82) is 5.41 Å². The minimum atomic E-state index is 0.117. The van der Waals surface area contributed by atoms with Gasteiger partial charge in [-0.15, -0.1) is 0 Å². The van der Waals surface area contributed by atoms with Crippen LogP contribution in [0.15, 0.2) is 18.2 Å². The fraction of sp³-hybridized carbons (Fsp3) is 0.500. The third-order valence-corrected chi connectivity index (χ3v) is 2.85. The number of benzene rings is 1. The first-order valence-corrected chi connectivity index (χ1v) is 5.98. The molecule has 3 heteroatoms. The first-order chi connectivity index (χ1) is 7.88. The van der Waals surface area contributed by atoms with E-state index in [4.69, 9.17) is 11.1 Å². The van der Waals surface area contributed by atoms with E-state index in [-0.39, 0.29) is 11.8 Å². The van der Waals surface area contributed by atoms with Crippen LogP contribution in [0, 0.1) is 25.2 Å². The first-order valence-electron chi connectivity index (χ1n) is 5.98. The van der Waals surface area contributed by atoms with Gasteiger partial charge in [-0.05, 0) is 26.5 Å². The number of nitrogens with two attached hydrogens (primary N) is 1. The molecule has 0 aromatic heterocycles. The summed E-state index contributed by atoms with van der Waals surface area (Å²) in [6, 6.07) is 6.60. The first kappa shape index (κ1) is 13.7. The summed E-state index contributed by atoms with van der Waals surface area (Å²) in [5, 5.41) is 7.39. The SMILES string of the molecule is Cc1cc(C)cc(CN(C)CC(C)C(=N)N)c1. The van der Waals surface area contributed by atoms with Gasteiger partial charge in [-0.3, -0.25) is 5.41 Å². The second kappa shape index (κ2) is 5.82. The zero-order chi connectivity index (χ0) is 13.0. The average molecular weight is 233 g/mol. The van der Waals surface area contributed by atoms with E-state index in [0.29, 0.717) is 0 Å². The molecule has 0 fully saturated rings. The van der Waals surface area contributed by atoms with Crippen molar-refractivity contribution in [2.75, 3.05) is 13.6 Å². The summed E-state index contributed by atoms with van der Waals surface area (Å²) in [5.41, 5.74) is 9.40. The van der Waals surface area contributed by atoms with Gasteiger partial charge >= 0.3 is 0 Å². The van der Waals surface area contributed by atoms with Crippen LogP contribution in [-0.4, -0.2) is 24.3 Å². The molecule has 1 aromatic carbocycles. The third-order valence-electron chi connectivity index (χ3n) is 2.85. The largest absolute Gasteiger partial charge is 0.387 e. The maximum Gasteiger partial charge on any atom is 0.0947 e. The van der Waals surface area contributed by atoms with E-state index in [0.717, 1.165) is 13.1 Å². The highest BCUT2D eigenvalue weighted by atomic mass is 15.1. The summed E-state index contributed by atoms with van der Waals surface area (Å²) in [5.74, 6) is 0.378. The van der Waals surface area contributed by atoms with Crippen molar-refractivity contribution in [3.63, 3.8) is 0 Å². The molecular weight excluding hydrogens is 210 g/mol. The number of aryl methyl sites for hydroxylation is 2. The highest BCUT2D eigenvalue weighted by Gasteiger charge is 2.09. The Balaban J connectivity index is 2.61. The van der Waals surface area contributed by atoms with E-state index in [9.17, 15) is 0 Å². The molecule has 0 aliphatic carbocycles. The molecule has 3 nitrogen and oxygen atoms in total. The molecule has 0 heterocycles. The van der Waals surface area contributed by atoms with Crippen LogP contribution in [-0.2, 0) is 6.54 Å². The van der Waals surface area contributed by atoms with E-state index in [1.165, 1.54) is 16.7 Å². The van der Waals surface area contributed by atoms with Gasteiger partial charge in [0, 0.05) is 19.0 Å². The van der Waals surface area contributed by atoms with Crippen molar-refractivity contribution in [3.8, 4) is 0 Å². The number of amidine groups is 1. The molecule has 0 amide bonds. The third kappa shape index (κ3) is 4.57. The molecule has 94 valence electrons. The predicted octanol–water partition coefficient (Wildman–Crippen LogP) is 2.31. The Morgan fingerprint density at radius 1 is 1.29 bits per heavy atom. The van der Waals surface area contributed by atoms with Crippen LogP contribution in [0.4, 0.5) is 0 Å². The van der Waals surface area contributed by atoms with Gasteiger partial charge < -0.3 is 10.6 Å². The smallest absolute Gasteiger partial charge is 0.0947 e. The van der Waals surface area contributed by atoms with Crippen molar-refractivity contribution >= 4 is 5.84 Å². The molecule has 0 bridgehead atoms. The van der Waals surface area contributed by atoms with Crippen molar-refractivity contribution in [2.24, 2.45) is 11.7 Å². The molecule has 0 aliphatic rings. The normalized spacial score (nSPS) is 12.8. The average Bonchev–Trinajstić information content (AvgIpc) is 2.14. The quantitative estimate of drug-likeness (QED) is 0.605. The Morgan fingerprint density at radius 3 is 2.29 bits per heavy atom. The Kier molecular flexibility index (Phi) is 4.70. The standard InChI is InChI=1S/C14H23N3/c1-10-5-11(2)7-13(6-10)9-17(4)8-12(3)14(15)16/h5-7,12H,8-9H2,1-4H3,(H3,15,16). The maximum atomic E-state index is 7.39. The lowest BCUT2D eigenvalue weighted by molar-refractivity contribution is 0.306. The zero-order valence-electron chi connectivity index (χ0n) is 11.2. The second-order valence-electron chi connectivity index (χ2n) is 5.05. The summed E-state index contributed by atoms with van der Waals surface area (Å²) in [6.07, 6.45) is 0. The zero-order valence-corrected chi connectivity index (χ0v) is 11.2. The molecule has 0 saturated carbocycles. The fourth-order valence-electron chi connectivity index (χ4n) is 2.10. The van der Waals surface area contributed by atoms with Crippen molar-refractivity contribution in [3.05, 3.63) is 34.9 Å². The van der Waals surface area contributed by atoms with E-state index in [1.807, 2.05) is 6.92 Å². The lowest BCUT2D eigenvalue weighted by Gasteiger charge is -2.21. The summed E-state index contributed by atoms with van der Waals surface area (Å²) in [7, 11) is 2.07. The molecular formula is C14H23N3. The van der Waals surface area contributed by atoms with Gasteiger partial charge in [-0.1, -0.05) is 36.2 Å². The van der Waals surface area contributed by atoms with Gasteiger partial charge in [0.2, 0.25) is 0 Å². The minimum Gasteiger partial charge on any atom is -0.387 e. The van der Waals surface area contributed by atoms with E-state index in [2.05, 4.69) is 44.0 Å². The summed E-state index contributed by atoms with van der Waals surface area (Å²) < 4.78 is 0. The molecule has 1 atom stereocenters. The predicted molar refractivity (Wildman–Crippen MR) is 73.3 cm³/mol. The fourth-order valence-corrected chi connectivity index (χ4v) is 2.10. The van der Waals surface area contributed by atoms with Gasteiger partial charge in [0.1, 0.15) is 0 Å². The van der Waals surface area contributed by atoms with Gasteiger partial charge in [-0.2, -0.15) is 0 Å². The highest BCUT2D eigenvalue weighted by Crippen LogP contribution is 2.11. The molecule has 3 N–H and O–H groups in total. The summed E-state index contributed by atoms with van der Waals surface area (Å²) in [4.78, 5) is 2.21. The van der Waals surface area contributed by atoms with Crippen LogP contribution in [0.2, 0.25) is 0 Å². The number of nitrogens with zero attached hydrogens (tertiary/aromatic N) is 1. The van der Waals surface area contributed by atoms with Crippen molar-refractivity contribution in [1.82, 2.24) is 4.90 Å². The van der Waals surface area contributed by atoms with Crippen LogP contribution in [0.3, 0.4) is 0 Å². The Bertz CT molecular complexity index is 378. The molecule has 0 aliphatic heterocycles. The monoisotopic (exact) mass is 233 g/mol. The lowest BCUT2D eigenvalue weighted by Crippen LogP contribution is -2.31. The molecule has 1 unspecified atom stereocenters. The lowest BCUT2D eigenvalue weighted by atomic mass is 10.1. The number of hydrogen-bond donors (Lipinski definition) is 2. The topological polar surface area (TPSA) is 53.1 Å². The Morgan fingerprint density at radius 2 is 1.82 bits per heavy atom. The van der Waals surface area contributed by atoms with Gasteiger partial charge in [0.05, 0.1) is 5.84 Å². The van der Waals surface area contributed by atoms with Crippen molar-refractivity contribution < 1.29 is 0 Å². The number of rotatable bonds is 5. The molecule has 0 radical (unpaired) electrons. The molecule has 1 rings (SSSR count). The van der Waals surface area contributed by atoms with Crippen LogP contribution in [0.25, 0.3) is 0 Å². The second-order valence-corrected chi connectivity index (χ2v) is 5.05. The maximum absolute atomic E-state index is 7.39. The van der Waals surface area contributed by atoms with Gasteiger partial charge in [0.25, 0.3) is 0 Å². The summed E-state index contributed by atoms with van der Waals surface area (Å²) >= 11 is 0. The minimum absolute atomic E-state index is 0.117. The van der Waals surface area contributed by atoms with E-state index in [1.54, 1.807) is 0 Å². The van der Waals surface area contributed by atoms with Crippen LogP contribution >= 0.6 is 0 Å². The molecule has 17 heavy (non-hydrogen) atoms. The molecule has 1 aromatic rings. The number of hydrogen-bond acceptors (Lipinski definition) is 2. The van der Waals surface area contributed by atoms with E-state index >= 15 is 0 Å². The van der Waals surface area contributed by atoms with E-state index < -0.39 is 0 Å². The number of nitrogens with one attached hydrogen (secondary N) is 1. The Labute approximate surface area is 104 Å². The summed E-state index contributed by atoms with van der Waals surface area (Å²) in [6.45, 7) is 7.95. The van der Waals surface area contributed by atoms with Crippen LogP contribution in [0.5, 0.6) is 0 Å². The highest BCUT2D eigenvalue weighted by molar-refractivity contribution is 5.79. The van der Waals surface area contributed by atoms with Crippen LogP contribution < -0.4 is 5.73 Å². The molecule has 0 saturated heterocycles. The van der Waals surface area contributed by atoms with Gasteiger partial charge in [0.15, 0.2) is 0 Å². The van der Waals surface area contributed by atoms with Crippen LogP contribution in [0.1, 0.15) is 23.6 Å². The molecule has 0 spiro atoms. The van der Waals surface area contributed by atoms with Crippen molar-refractivity contribution in [2.45, 2.75) is 27.3 Å². The Hall–Kier alpha value is -1.35.